The number of aliphatic hydroxyl groups excluding tert-OH is 1. The van der Waals surface area contributed by atoms with Crippen molar-refractivity contribution in [3.8, 4) is 0 Å². The van der Waals surface area contributed by atoms with Crippen molar-refractivity contribution in [3.05, 3.63) is 12.4 Å². The van der Waals surface area contributed by atoms with Gasteiger partial charge in [0, 0.05) is 38.2 Å². The minimum absolute atomic E-state index is 0.160. The molecule has 0 radical (unpaired) electrons. The quantitative estimate of drug-likeness (QED) is 0.805. The molecule has 0 bridgehead atoms. The fraction of sp³-hybridized carbons (Fsp3) is 0.737. The molecule has 2 fully saturated rings. The number of hydrogen-bond donors (Lipinski definition) is 2. The number of carbonyl (C=O) groups is 1. The third-order valence-corrected chi connectivity index (χ3v) is 5.32. The van der Waals surface area contributed by atoms with Gasteiger partial charge in [-0.05, 0) is 31.6 Å². The monoisotopic (exact) mass is 361 g/mol. The molecule has 144 valence electrons. The molecule has 2 aliphatic rings. The molecule has 0 aromatic carbocycles. The van der Waals surface area contributed by atoms with E-state index >= 15 is 0 Å². The molecule has 3 rings (SSSR count). The number of carbonyl (C=O) groups excluding carboxylic acids is 1. The molecule has 26 heavy (non-hydrogen) atoms. The van der Waals surface area contributed by atoms with E-state index in [0.29, 0.717) is 18.4 Å². The minimum Gasteiger partial charge on any atom is -0.394 e. The highest BCUT2D eigenvalue weighted by molar-refractivity contribution is 5.76. The van der Waals surface area contributed by atoms with Crippen LogP contribution in [0.2, 0.25) is 0 Å². The Morgan fingerprint density at radius 1 is 1.27 bits per heavy atom. The number of rotatable bonds is 6. The second kappa shape index (κ2) is 8.66. The number of nitrogens with one attached hydrogen (secondary N) is 1. The Morgan fingerprint density at radius 2 is 2.04 bits per heavy atom. The number of aromatic nitrogens is 2. The zero-order chi connectivity index (χ0) is 18.5. The molecular weight excluding hydrogens is 330 g/mol. The van der Waals surface area contributed by atoms with Gasteiger partial charge in [-0.15, -0.1) is 0 Å². The Bertz CT molecular complexity index is 601. The summed E-state index contributed by atoms with van der Waals surface area (Å²) in [5.74, 6) is 2.38. The number of anilines is 2. The lowest BCUT2D eigenvalue weighted by molar-refractivity contribution is -0.132. The predicted molar refractivity (Wildman–Crippen MR) is 102 cm³/mol. The van der Waals surface area contributed by atoms with Crippen LogP contribution in [0.1, 0.15) is 46.0 Å². The van der Waals surface area contributed by atoms with Gasteiger partial charge < -0.3 is 20.2 Å². The first-order chi connectivity index (χ1) is 12.6. The van der Waals surface area contributed by atoms with Crippen molar-refractivity contribution in [2.45, 2.75) is 58.0 Å². The summed E-state index contributed by atoms with van der Waals surface area (Å²) < 4.78 is 0. The largest absolute Gasteiger partial charge is 0.394 e. The second-order valence-electron chi connectivity index (χ2n) is 7.83. The molecule has 2 aliphatic heterocycles. The highest BCUT2D eigenvalue weighted by atomic mass is 16.3. The van der Waals surface area contributed by atoms with Crippen LogP contribution in [0.3, 0.4) is 0 Å². The van der Waals surface area contributed by atoms with Gasteiger partial charge in [-0.1, -0.05) is 13.8 Å². The first-order valence-electron chi connectivity index (χ1n) is 9.80. The van der Waals surface area contributed by atoms with E-state index in [4.69, 9.17) is 0 Å². The minimum atomic E-state index is 0.160. The fourth-order valence-corrected chi connectivity index (χ4v) is 3.87. The summed E-state index contributed by atoms with van der Waals surface area (Å²) in [6.45, 7) is 6.87. The lowest BCUT2D eigenvalue weighted by atomic mass is 10.0. The molecule has 7 heteroatoms. The maximum Gasteiger partial charge on any atom is 0.222 e. The molecule has 7 nitrogen and oxygen atoms in total. The Balaban J connectivity index is 1.54. The van der Waals surface area contributed by atoms with Gasteiger partial charge in [-0.3, -0.25) is 4.79 Å². The highest BCUT2D eigenvalue weighted by Crippen LogP contribution is 2.25. The van der Waals surface area contributed by atoms with Crippen LogP contribution in [0.5, 0.6) is 0 Å². The van der Waals surface area contributed by atoms with Gasteiger partial charge in [0.1, 0.15) is 18.0 Å². The number of aliphatic hydroxyl groups is 1. The summed E-state index contributed by atoms with van der Waals surface area (Å²) in [7, 11) is 0. The molecule has 3 heterocycles. The van der Waals surface area contributed by atoms with Gasteiger partial charge in [0.15, 0.2) is 0 Å². The Labute approximate surface area is 155 Å². The molecule has 1 unspecified atom stereocenters. The molecule has 1 aromatic rings. The average Bonchev–Trinajstić information content (AvgIpc) is 3.11. The number of hydrogen-bond acceptors (Lipinski definition) is 6. The van der Waals surface area contributed by atoms with Crippen molar-refractivity contribution < 1.29 is 9.90 Å². The van der Waals surface area contributed by atoms with E-state index in [1.165, 1.54) is 0 Å². The summed E-state index contributed by atoms with van der Waals surface area (Å²) in [5.41, 5.74) is 0. The molecule has 1 atom stereocenters. The van der Waals surface area contributed by atoms with Crippen molar-refractivity contribution in [2.24, 2.45) is 5.92 Å². The SMILES string of the molecule is CC(C)CC(=O)N1CCC(Nc2cc(N3CCCC3CO)ncn2)CC1. The summed E-state index contributed by atoms with van der Waals surface area (Å²) in [6, 6.07) is 2.46. The van der Waals surface area contributed by atoms with Crippen LogP contribution in [0.25, 0.3) is 0 Å². The number of amides is 1. The second-order valence-corrected chi connectivity index (χ2v) is 7.83. The Kier molecular flexibility index (Phi) is 6.29. The lowest BCUT2D eigenvalue weighted by Gasteiger charge is -2.33. The zero-order valence-corrected chi connectivity index (χ0v) is 15.9. The van der Waals surface area contributed by atoms with Crippen molar-refractivity contribution in [1.82, 2.24) is 14.9 Å². The Morgan fingerprint density at radius 3 is 2.73 bits per heavy atom. The van der Waals surface area contributed by atoms with Crippen molar-refractivity contribution in [1.29, 1.82) is 0 Å². The maximum atomic E-state index is 12.2. The lowest BCUT2D eigenvalue weighted by Crippen LogP contribution is -2.42. The fourth-order valence-electron chi connectivity index (χ4n) is 3.87. The molecular formula is C19H31N5O2. The predicted octanol–water partition coefficient (Wildman–Crippen LogP) is 1.89. The van der Waals surface area contributed by atoms with Gasteiger partial charge in [0.2, 0.25) is 5.91 Å². The summed E-state index contributed by atoms with van der Waals surface area (Å²) in [6.07, 6.45) is 6.19. The van der Waals surface area contributed by atoms with E-state index in [9.17, 15) is 9.90 Å². The summed E-state index contributed by atoms with van der Waals surface area (Å²) >= 11 is 0. The number of nitrogens with zero attached hydrogens (tertiary/aromatic N) is 4. The van der Waals surface area contributed by atoms with Crippen molar-refractivity contribution in [3.63, 3.8) is 0 Å². The van der Waals surface area contributed by atoms with E-state index in [2.05, 4.69) is 34.0 Å². The molecule has 2 N–H and O–H groups in total. The molecule has 0 saturated carbocycles. The summed E-state index contributed by atoms with van der Waals surface area (Å²) in [5, 5.41) is 13.0. The maximum absolute atomic E-state index is 12.2. The van der Waals surface area contributed by atoms with E-state index in [1.54, 1.807) is 6.33 Å². The molecule has 0 aliphatic carbocycles. The highest BCUT2D eigenvalue weighted by Gasteiger charge is 2.26. The van der Waals surface area contributed by atoms with Crippen molar-refractivity contribution >= 4 is 17.5 Å². The smallest absolute Gasteiger partial charge is 0.222 e. The van der Waals surface area contributed by atoms with E-state index in [-0.39, 0.29) is 18.6 Å². The molecule has 0 spiro atoms. The van der Waals surface area contributed by atoms with Crippen LogP contribution in [0, 0.1) is 5.92 Å². The molecule has 1 amide bonds. The normalized spacial score (nSPS) is 21.5. The third kappa shape index (κ3) is 4.63. The van der Waals surface area contributed by atoms with Crippen LogP contribution in [0.15, 0.2) is 12.4 Å². The van der Waals surface area contributed by atoms with Crippen LogP contribution in [-0.2, 0) is 4.79 Å². The topological polar surface area (TPSA) is 81.6 Å². The number of piperidine rings is 1. The zero-order valence-electron chi connectivity index (χ0n) is 15.9. The third-order valence-electron chi connectivity index (χ3n) is 5.32. The van der Waals surface area contributed by atoms with Crippen LogP contribution in [-0.4, -0.2) is 64.2 Å². The molecule has 1 aromatic heterocycles. The van der Waals surface area contributed by atoms with Crippen LogP contribution < -0.4 is 10.2 Å². The Hall–Kier alpha value is -1.89. The van der Waals surface area contributed by atoms with E-state index in [1.807, 2.05) is 11.0 Å². The van der Waals surface area contributed by atoms with Gasteiger partial charge in [0.25, 0.3) is 0 Å². The van der Waals surface area contributed by atoms with Gasteiger partial charge in [-0.2, -0.15) is 0 Å². The van der Waals surface area contributed by atoms with Gasteiger partial charge in [-0.25, -0.2) is 9.97 Å². The van der Waals surface area contributed by atoms with Crippen LogP contribution in [0.4, 0.5) is 11.6 Å². The average molecular weight is 361 g/mol. The van der Waals surface area contributed by atoms with Crippen LogP contribution >= 0.6 is 0 Å². The van der Waals surface area contributed by atoms with Gasteiger partial charge in [0.05, 0.1) is 12.6 Å². The standard InChI is InChI=1S/C19H31N5O2/c1-14(2)10-19(26)23-8-5-15(6-9-23)22-17-11-18(21-13-20-17)24-7-3-4-16(24)12-25/h11,13-16,25H,3-10,12H2,1-2H3,(H,20,21,22). The summed E-state index contributed by atoms with van der Waals surface area (Å²) in [4.78, 5) is 25.1. The number of likely N-dealkylation sites (tertiary alicyclic amines) is 1. The van der Waals surface area contributed by atoms with Crippen molar-refractivity contribution in [2.75, 3.05) is 36.5 Å². The molecule has 2 saturated heterocycles. The first kappa shape index (κ1) is 18.9. The van der Waals surface area contributed by atoms with Gasteiger partial charge >= 0.3 is 0 Å². The first-order valence-corrected chi connectivity index (χ1v) is 9.80. The van der Waals surface area contributed by atoms with E-state index < -0.39 is 0 Å². The van der Waals surface area contributed by atoms with E-state index in [0.717, 1.165) is 57.0 Å².